The Hall–Kier alpha value is -1.39. The van der Waals surface area contributed by atoms with Gasteiger partial charge in [-0.1, -0.05) is 12.1 Å². The summed E-state index contributed by atoms with van der Waals surface area (Å²) in [7, 11) is 0. The van der Waals surface area contributed by atoms with E-state index in [1.165, 1.54) is 0 Å². The molecular weight excluding hydrogens is 216 g/mol. The zero-order valence-electron chi connectivity index (χ0n) is 10.2. The SMILES string of the molecule is CCOCCCNCc1ccc(C(N)=O)cc1. The second-order valence-corrected chi connectivity index (χ2v) is 3.79. The first-order valence-corrected chi connectivity index (χ1v) is 5.91. The Morgan fingerprint density at radius 2 is 2.06 bits per heavy atom. The van der Waals surface area contributed by atoms with Gasteiger partial charge in [0.1, 0.15) is 0 Å². The highest BCUT2D eigenvalue weighted by Crippen LogP contribution is 2.03. The summed E-state index contributed by atoms with van der Waals surface area (Å²) in [6.45, 7) is 5.29. The van der Waals surface area contributed by atoms with E-state index in [2.05, 4.69) is 5.32 Å². The molecule has 0 aliphatic carbocycles. The lowest BCUT2D eigenvalue weighted by atomic mass is 10.1. The summed E-state index contributed by atoms with van der Waals surface area (Å²) in [5.74, 6) is -0.388. The van der Waals surface area contributed by atoms with E-state index in [4.69, 9.17) is 10.5 Å². The normalized spacial score (nSPS) is 10.4. The van der Waals surface area contributed by atoms with Gasteiger partial charge in [0.05, 0.1) is 0 Å². The van der Waals surface area contributed by atoms with Gasteiger partial charge in [-0.25, -0.2) is 0 Å². The van der Waals surface area contributed by atoms with E-state index >= 15 is 0 Å². The summed E-state index contributed by atoms with van der Waals surface area (Å²) in [5.41, 5.74) is 6.85. The summed E-state index contributed by atoms with van der Waals surface area (Å²) in [5, 5.41) is 3.31. The molecule has 1 rings (SSSR count). The van der Waals surface area contributed by atoms with Crippen LogP contribution < -0.4 is 11.1 Å². The van der Waals surface area contributed by atoms with Crippen LogP contribution in [-0.2, 0) is 11.3 Å². The lowest BCUT2D eigenvalue weighted by Gasteiger charge is -2.05. The summed E-state index contributed by atoms with van der Waals surface area (Å²) >= 11 is 0. The predicted octanol–water partition coefficient (Wildman–Crippen LogP) is 1.30. The molecule has 0 aliphatic heterocycles. The van der Waals surface area contributed by atoms with Crippen molar-refractivity contribution in [2.75, 3.05) is 19.8 Å². The molecule has 4 heteroatoms. The summed E-state index contributed by atoms with van der Waals surface area (Å²) < 4.78 is 5.24. The second-order valence-electron chi connectivity index (χ2n) is 3.79. The predicted molar refractivity (Wildman–Crippen MR) is 67.8 cm³/mol. The molecule has 0 saturated carbocycles. The summed E-state index contributed by atoms with van der Waals surface area (Å²) in [6, 6.07) is 7.32. The van der Waals surface area contributed by atoms with E-state index in [1.807, 2.05) is 19.1 Å². The van der Waals surface area contributed by atoms with Gasteiger partial charge in [0.25, 0.3) is 0 Å². The van der Waals surface area contributed by atoms with Crippen molar-refractivity contribution in [3.05, 3.63) is 35.4 Å². The highest BCUT2D eigenvalue weighted by atomic mass is 16.5. The van der Waals surface area contributed by atoms with Crippen LogP contribution in [0, 0.1) is 0 Å². The van der Waals surface area contributed by atoms with Crippen molar-refractivity contribution in [3.63, 3.8) is 0 Å². The Bertz CT molecular complexity index is 336. The third-order valence-electron chi connectivity index (χ3n) is 2.41. The molecule has 94 valence electrons. The molecule has 1 amide bonds. The maximum atomic E-state index is 10.9. The maximum absolute atomic E-state index is 10.9. The molecular formula is C13H20N2O2. The molecule has 0 unspecified atom stereocenters. The van der Waals surface area contributed by atoms with Gasteiger partial charge in [0, 0.05) is 25.3 Å². The fourth-order valence-corrected chi connectivity index (χ4v) is 1.46. The number of carbonyl (C=O) groups excluding carboxylic acids is 1. The number of primary amides is 1. The van der Waals surface area contributed by atoms with E-state index in [0.717, 1.165) is 38.3 Å². The Morgan fingerprint density at radius 3 is 2.65 bits per heavy atom. The van der Waals surface area contributed by atoms with Crippen LogP contribution in [0.3, 0.4) is 0 Å². The number of nitrogens with two attached hydrogens (primary N) is 1. The van der Waals surface area contributed by atoms with E-state index in [9.17, 15) is 4.79 Å². The number of benzene rings is 1. The molecule has 3 N–H and O–H groups in total. The lowest BCUT2D eigenvalue weighted by molar-refractivity contribution is 0.100. The number of carbonyl (C=O) groups is 1. The van der Waals surface area contributed by atoms with Crippen LogP contribution in [0.2, 0.25) is 0 Å². The molecule has 0 aliphatic rings. The Kier molecular flexibility index (Phi) is 6.29. The van der Waals surface area contributed by atoms with Gasteiger partial charge in [-0.15, -0.1) is 0 Å². The number of ether oxygens (including phenoxy) is 1. The van der Waals surface area contributed by atoms with Crippen molar-refractivity contribution in [1.29, 1.82) is 0 Å². The minimum Gasteiger partial charge on any atom is -0.382 e. The van der Waals surface area contributed by atoms with Crippen LogP contribution in [0.15, 0.2) is 24.3 Å². The zero-order valence-corrected chi connectivity index (χ0v) is 10.2. The number of nitrogens with one attached hydrogen (secondary N) is 1. The fraction of sp³-hybridized carbons (Fsp3) is 0.462. The number of hydrogen-bond donors (Lipinski definition) is 2. The molecule has 17 heavy (non-hydrogen) atoms. The van der Waals surface area contributed by atoms with Crippen LogP contribution in [0.25, 0.3) is 0 Å². The molecule has 0 spiro atoms. The standard InChI is InChI=1S/C13H20N2O2/c1-2-17-9-3-8-15-10-11-4-6-12(7-5-11)13(14)16/h4-7,15H,2-3,8-10H2,1H3,(H2,14,16). The van der Waals surface area contributed by atoms with Crippen LogP contribution in [0.5, 0.6) is 0 Å². The first-order chi connectivity index (χ1) is 8.24. The van der Waals surface area contributed by atoms with Crippen LogP contribution in [0.4, 0.5) is 0 Å². The molecule has 0 atom stereocenters. The molecule has 1 aromatic rings. The van der Waals surface area contributed by atoms with Crippen LogP contribution in [-0.4, -0.2) is 25.7 Å². The number of hydrogen-bond acceptors (Lipinski definition) is 3. The van der Waals surface area contributed by atoms with Gasteiger partial charge in [-0.2, -0.15) is 0 Å². The fourth-order valence-electron chi connectivity index (χ4n) is 1.46. The molecule has 0 saturated heterocycles. The van der Waals surface area contributed by atoms with Crippen molar-refractivity contribution < 1.29 is 9.53 Å². The van der Waals surface area contributed by atoms with Crippen molar-refractivity contribution in [3.8, 4) is 0 Å². The topological polar surface area (TPSA) is 64.3 Å². The van der Waals surface area contributed by atoms with Crippen molar-refractivity contribution in [2.45, 2.75) is 19.9 Å². The van der Waals surface area contributed by atoms with E-state index in [-0.39, 0.29) is 5.91 Å². The van der Waals surface area contributed by atoms with E-state index in [0.29, 0.717) is 5.56 Å². The third-order valence-corrected chi connectivity index (χ3v) is 2.41. The molecule has 0 fully saturated rings. The molecule has 0 aromatic heterocycles. The first-order valence-electron chi connectivity index (χ1n) is 5.91. The van der Waals surface area contributed by atoms with Gasteiger partial charge < -0.3 is 15.8 Å². The average molecular weight is 236 g/mol. The Balaban J connectivity index is 2.21. The van der Waals surface area contributed by atoms with Crippen LogP contribution >= 0.6 is 0 Å². The van der Waals surface area contributed by atoms with Gasteiger partial charge in [-0.3, -0.25) is 4.79 Å². The third kappa shape index (κ3) is 5.47. The zero-order chi connectivity index (χ0) is 12.5. The Morgan fingerprint density at radius 1 is 1.35 bits per heavy atom. The van der Waals surface area contributed by atoms with Gasteiger partial charge >= 0.3 is 0 Å². The average Bonchev–Trinajstić information content (AvgIpc) is 2.34. The molecule has 4 nitrogen and oxygen atoms in total. The summed E-state index contributed by atoms with van der Waals surface area (Å²) in [4.78, 5) is 10.9. The summed E-state index contributed by atoms with van der Waals surface area (Å²) in [6.07, 6.45) is 1.01. The number of rotatable bonds is 8. The molecule has 0 radical (unpaired) electrons. The first kappa shape index (κ1) is 13.7. The monoisotopic (exact) mass is 236 g/mol. The van der Waals surface area contributed by atoms with E-state index < -0.39 is 0 Å². The lowest BCUT2D eigenvalue weighted by Crippen LogP contribution is -2.16. The number of amides is 1. The van der Waals surface area contributed by atoms with Gasteiger partial charge in [0.15, 0.2) is 0 Å². The minimum absolute atomic E-state index is 0.388. The quantitative estimate of drug-likeness (QED) is 0.669. The second kappa shape index (κ2) is 7.81. The highest BCUT2D eigenvalue weighted by molar-refractivity contribution is 5.92. The van der Waals surface area contributed by atoms with Crippen molar-refractivity contribution in [1.82, 2.24) is 5.32 Å². The van der Waals surface area contributed by atoms with Crippen LogP contribution in [0.1, 0.15) is 29.3 Å². The highest BCUT2D eigenvalue weighted by Gasteiger charge is 1.99. The molecule has 0 heterocycles. The minimum atomic E-state index is -0.388. The largest absolute Gasteiger partial charge is 0.382 e. The van der Waals surface area contributed by atoms with Gasteiger partial charge in [-0.05, 0) is 37.6 Å². The molecule has 1 aromatic carbocycles. The smallest absolute Gasteiger partial charge is 0.248 e. The van der Waals surface area contributed by atoms with Crippen molar-refractivity contribution >= 4 is 5.91 Å². The van der Waals surface area contributed by atoms with E-state index in [1.54, 1.807) is 12.1 Å². The Labute approximate surface area is 102 Å². The van der Waals surface area contributed by atoms with Crippen molar-refractivity contribution in [2.24, 2.45) is 5.73 Å². The molecule has 0 bridgehead atoms. The van der Waals surface area contributed by atoms with Gasteiger partial charge in [0.2, 0.25) is 5.91 Å². The maximum Gasteiger partial charge on any atom is 0.248 e.